The summed E-state index contributed by atoms with van der Waals surface area (Å²) in [5, 5.41) is 0.898. The van der Waals surface area contributed by atoms with Crippen LogP contribution >= 0.6 is 11.5 Å². The van der Waals surface area contributed by atoms with E-state index in [0.717, 1.165) is 30.5 Å². The molecule has 0 unspecified atom stereocenters. The third-order valence-electron chi connectivity index (χ3n) is 4.49. The Kier molecular flexibility index (Phi) is 7.57. The maximum atomic E-state index is 12.3. The standard InChI is InChI=1S/C20H30N4OS/c1-6-23(7-2)19(25)12-13-24(15(3)4)20-21-18(22-26-20)14-17-10-8-16(5)9-11-17/h8-11,15H,6-7,12-14H2,1-5H3. The Morgan fingerprint density at radius 3 is 2.38 bits per heavy atom. The molecule has 1 heterocycles. The van der Waals surface area contributed by atoms with E-state index in [0.29, 0.717) is 13.0 Å². The molecular weight excluding hydrogens is 344 g/mol. The minimum absolute atomic E-state index is 0.199. The molecule has 0 aliphatic heterocycles. The Labute approximate surface area is 161 Å². The molecule has 0 aliphatic rings. The van der Waals surface area contributed by atoms with Crippen molar-refractivity contribution in [1.29, 1.82) is 0 Å². The fourth-order valence-corrected chi connectivity index (χ4v) is 3.69. The minimum atomic E-state index is 0.199. The van der Waals surface area contributed by atoms with Crippen molar-refractivity contribution >= 4 is 22.6 Å². The van der Waals surface area contributed by atoms with Crippen LogP contribution in [0.1, 0.15) is 51.1 Å². The largest absolute Gasteiger partial charge is 0.344 e. The summed E-state index contributed by atoms with van der Waals surface area (Å²) in [5.41, 5.74) is 2.47. The SMILES string of the molecule is CCN(CC)C(=O)CCN(c1nc(Cc2ccc(C)cc2)ns1)C(C)C. The highest BCUT2D eigenvalue weighted by Gasteiger charge is 2.18. The highest BCUT2D eigenvalue weighted by atomic mass is 32.1. The molecule has 26 heavy (non-hydrogen) atoms. The summed E-state index contributed by atoms with van der Waals surface area (Å²) in [4.78, 5) is 21.1. The monoisotopic (exact) mass is 374 g/mol. The molecule has 0 saturated heterocycles. The van der Waals surface area contributed by atoms with E-state index in [1.54, 1.807) is 0 Å². The van der Waals surface area contributed by atoms with Gasteiger partial charge in [-0.15, -0.1) is 0 Å². The van der Waals surface area contributed by atoms with Gasteiger partial charge in [0.25, 0.3) is 0 Å². The molecule has 0 radical (unpaired) electrons. The van der Waals surface area contributed by atoms with E-state index in [9.17, 15) is 4.79 Å². The van der Waals surface area contributed by atoms with Crippen LogP contribution in [-0.4, -0.2) is 45.8 Å². The van der Waals surface area contributed by atoms with Gasteiger partial charge >= 0.3 is 0 Å². The van der Waals surface area contributed by atoms with Crippen LogP contribution in [0.3, 0.4) is 0 Å². The predicted molar refractivity (Wildman–Crippen MR) is 109 cm³/mol. The van der Waals surface area contributed by atoms with Gasteiger partial charge in [-0.1, -0.05) is 29.8 Å². The molecule has 1 aromatic heterocycles. The van der Waals surface area contributed by atoms with Gasteiger partial charge in [-0.05, 0) is 40.2 Å². The summed E-state index contributed by atoms with van der Waals surface area (Å²) in [5.74, 6) is 1.04. The molecule has 142 valence electrons. The molecule has 0 aliphatic carbocycles. The molecule has 0 N–H and O–H groups in total. The fraction of sp³-hybridized carbons (Fsp3) is 0.550. The normalized spacial score (nSPS) is 11.0. The lowest BCUT2D eigenvalue weighted by molar-refractivity contribution is -0.130. The van der Waals surface area contributed by atoms with E-state index in [4.69, 9.17) is 4.98 Å². The van der Waals surface area contributed by atoms with Gasteiger partial charge in [0.05, 0.1) is 0 Å². The minimum Gasteiger partial charge on any atom is -0.344 e. The topological polar surface area (TPSA) is 49.3 Å². The number of hydrogen-bond donors (Lipinski definition) is 0. The Morgan fingerprint density at radius 1 is 1.15 bits per heavy atom. The quantitative estimate of drug-likeness (QED) is 0.668. The summed E-state index contributed by atoms with van der Waals surface area (Å²) in [6, 6.07) is 8.75. The van der Waals surface area contributed by atoms with Crippen LogP contribution in [0.2, 0.25) is 0 Å². The van der Waals surface area contributed by atoms with Gasteiger partial charge in [0.1, 0.15) is 5.82 Å². The van der Waals surface area contributed by atoms with Crippen LogP contribution in [0.4, 0.5) is 5.13 Å². The molecule has 0 atom stereocenters. The maximum absolute atomic E-state index is 12.3. The van der Waals surface area contributed by atoms with Crippen molar-refractivity contribution in [2.75, 3.05) is 24.5 Å². The van der Waals surface area contributed by atoms with E-state index in [1.165, 1.54) is 22.7 Å². The molecular formula is C20H30N4OS. The van der Waals surface area contributed by atoms with Gasteiger partial charge < -0.3 is 9.80 Å². The fourth-order valence-electron chi connectivity index (χ4n) is 2.85. The molecule has 6 heteroatoms. The van der Waals surface area contributed by atoms with Crippen molar-refractivity contribution in [1.82, 2.24) is 14.3 Å². The zero-order valence-corrected chi connectivity index (χ0v) is 17.3. The van der Waals surface area contributed by atoms with Gasteiger partial charge in [0.2, 0.25) is 11.0 Å². The van der Waals surface area contributed by atoms with E-state index < -0.39 is 0 Å². The average molecular weight is 375 g/mol. The first-order valence-corrected chi connectivity index (χ1v) is 10.1. The van der Waals surface area contributed by atoms with E-state index in [-0.39, 0.29) is 11.9 Å². The smallest absolute Gasteiger partial charge is 0.224 e. The first-order chi connectivity index (χ1) is 12.4. The first-order valence-electron chi connectivity index (χ1n) is 9.37. The number of hydrogen-bond acceptors (Lipinski definition) is 5. The van der Waals surface area contributed by atoms with Gasteiger partial charge in [0.15, 0.2) is 0 Å². The van der Waals surface area contributed by atoms with Gasteiger partial charge in [0, 0.05) is 50.1 Å². The van der Waals surface area contributed by atoms with Gasteiger partial charge in [-0.2, -0.15) is 4.37 Å². The predicted octanol–water partition coefficient (Wildman–Crippen LogP) is 3.91. The number of benzene rings is 1. The molecule has 5 nitrogen and oxygen atoms in total. The second-order valence-corrected chi connectivity index (χ2v) is 7.49. The maximum Gasteiger partial charge on any atom is 0.224 e. The number of nitrogens with zero attached hydrogens (tertiary/aromatic N) is 4. The summed E-state index contributed by atoms with van der Waals surface area (Å²) in [7, 11) is 0. The lowest BCUT2D eigenvalue weighted by Crippen LogP contribution is -2.37. The van der Waals surface area contributed by atoms with Crippen molar-refractivity contribution in [2.24, 2.45) is 0 Å². The highest BCUT2D eigenvalue weighted by molar-refractivity contribution is 7.09. The van der Waals surface area contributed by atoms with Gasteiger partial charge in [-0.3, -0.25) is 4.79 Å². The number of aromatic nitrogens is 2. The van der Waals surface area contributed by atoms with E-state index in [2.05, 4.69) is 54.3 Å². The molecule has 0 fully saturated rings. The number of rotatable bonds is 9. The summed E-state index contributed by atoms with van der Waals surface area (Å²) < 4.78 is 4.53. The molecule has 1 amide bonds. The van der Waals surface area contributed by atoms with E-state index >= 15 is 0 Å². The van der Waals surface area contributed by atoms with Crippen molar-refractivity contribution in [3.8, 4) is 0 Å². The zero-order chi connectivity index (χ0) is 19.1. The summed E-state index contributed by atoms with van der Waals surface area (Å²) in [6.07, 6.45) is 1.24. The number of amides is 1. The van der Waals surface area contributed by atoms with Gasteiger partial charge in [-0.25, -0.2) is 4.98 Å². The van der Waals surface area contributed by atoms with Crippen LogP contribution < -0.4 is 4.90 Å². The third kappa shape index (κ3) is 5.53. The molecule has 2 rings (SSSR count). The Morgan fingerprint density at radius 2 is 1.81 bits per heavy atom. The van der Waals surface area contributed by atoms with Crippen LogP contribution in [0.5, 0.6) is 0 Å². The van der Waals surface area contributed by atoms with Crippen LogP contribution in [0.15, 0.2) is 24.3 Å². The second-order valence-electron chi connectivity index (χ2n) is 6.76. The average Bonchev–Trinajstić information content (AvgIpc) is 3.06. The highest BCUT2D eigenvalue weighted by Crippen LogP contribution is 2.21. The second kappa shape index (κ2) is 9.67. The molecule has 1 aromatic carbocycles. The van der Waals surface area contributed by atoms with Crippen LogP contribution in [0, 0.1) is 6.92 Å². The van der Waals surface area contributed by atoms with Crippen LogP contribution in [0.25, 0.3) is 0 Å². The van der Waals surface area contributed by atoms with Crippen molar-refractivity contribution in [3.63, 3.8) is 0 Å². The number of carbonyl (C=O) groups is 1. The first kappa shape index (κ1) is 20.4. The van der Waals surface area contributed by atoms with Crippen molar-refractivity contribution in [2.45, 2.75) is 53.5 Å². The van der Waals surface area contributed by atoms with E-state index in [1.807, 2.05) is 18.7 Å². The number of carbonyl (C=O) groups excluding carboxylic acids is 1. The third-order valence-corrected chi connectivity index (χ3v) is 5.28. The lowest BCUT2D eigenvalue weighted by atomic mass is 10.1. The molecule has 2 aromatic rings. The summed E-state index contributed by atoms with van der Waals surface area (Å²) in [6.45, 7) is 12.6. The Bertz CT molecular complexity index is 692. The van der Waals surface area contributed by atoms with Crippen molar-refractivity contribution < 1.29 is 4.79 Å². The number of aryl methyl sites for hydroxylation is 1. The molecule has 0 saturated carbocycles. The lowest BCUT2D eigenvalue weighted by Gasteiger charge is -2.27. The summed E-state index contributed by atoms with van der Waals surface area (Å²) >= 11 is 1.42. The Balaban J connectivity index is 2.02. The number of anilines is 1. The van der Waals surface area contributed by atoms with Crippen molar-refractivity contribution in [3.05, 3.63) is 41.2 Å². The molecule has 0 spiro atoms. The van der Waals surface area contributed by atoms with Crippen LogP contribution in [-0.2, 0) is 11.2 Å². The molecule has 0 bridgehead atoms. The Hall–Kier alpha value is -1.95. The zero-order valence-electron chi connectivity index (χ0n) is 16.5.